The van der Waals surface area contributed by atoms with Crippen LogP contribution in [0.4, 0.5) is 16.2 Å². The van der Waals surface area contributed by atoms with Gasteiger partial charge < -0.3 is 15.4 Å². The van der Waals surface area contributed by atoms with Gasteiger partial charge in [0.2, 0.25) is 0 Å². The molecule has 2 rings (SSSR count). The summed E-state index contributed by atoms with van der Waals surface area (Å²) < 4.78 is 5.26. The molecule has 1 fully saturated rings. The summed E-state index contributed by atoms with van der Waals surface area (Å²) in [5.41, 5.74) is -0.0756. The Balaban J connectivity index is 1.88. The molecule has 0 aliphatic heterocycles. The van der Waals surface area contributed by atoms with E-state index in [1.54, 1.807) is 6.07 Å². The van der Waals surface area contributed by atoms with Crippen LogP contribution in [-0.2, 0) is 4.74 Å². The van der Waals surface area contributed by atoms with Crippen molar-refractivity contribution in [1.29, 1.82) is 0 Å². The van der Waals surface area contributed by atoms with Gasteiger partial charge in [-0.1, -0.05) is 11.6 Å². The Labute approximate surface area is 152 Å². The number of nitrogens with one attached hydrogen (secondary N) is 2. The Morgan fingerprint density at radius 3 is 2.40 bits per heavy atom. The number of hydrogen-bond donors (Lipinski definition) is 2. The van der Waals surface area contributed by atoms with Crippen LogP contribution in [0.3, 0.4) is 0 Å². The predicted molar refractivity (Wildman–Crippen MR) is 97.1 cm³/mol. The molecule has 1 amide bonds. The molecule has 7 nitrogen and oxygen atoms in total. The van der Waals surface area contributed by atoms with Crippen molar-refractivity contribution >= 4 is 29.1 Å². The molecule has 1 aliphatic carbocycles. The molecule has 0 atom stereocenters. The molecular weight excluding hydrogens is 346 g/mol. The van der Waals surface area contributed by atoms with Crippen molar-refractivity contribution in [1.82, 2.24) is 5.32 Å². The molecule has 25 heavy (non-hydrogen) atoms. The van der Waals surface area contributed by atoms with Gasteiger partial charge in [-0.15, -0.1) is 0 Å². The summed E-state index contributed by atoms with van der Waals surface area (Å²) in [7, 11) is 0. The minimum Gasteiger partial charge on any atom is -0.444 e. The maximum absolute atomic E-state index is 11.8. The summed E-state index contributed by atoms with van der Waals surface area (Å²) in [5, 5.41) is 17.7. The first-order valence-electron chi connectivity index (χ1n) is 8.34. The number of nitrogens with zero attached hydrogens (tertiary/aromatic N) is 1. The number of amides is 1. The largest absolute Gasteiger partial charge is 0.444 e. The van der Waals surface area contributed by atoms with Crippen LogP contribution < -0.4 is 10.6 Å². The molecule has 1 aliphatic rings. The molecule has 1 aromatic rings. The third-order valence-corrected chi connectivity index (χ3v) is 4.20. The van der Waals surface area contributed by atoms with Crippen LogP contribution in [-0.4, -0.2) is 28.7 Å². The summed E-state index contributed by atoms with van der Waals surface area (Å²) in [6.45, 7) is 5.47. The molecule has 8 heteroatoms. The van der Waals surface area contributed by atoms with E-state index < -0.39 is 16.6 Å². The molecule has 0 radical (unpaired) electrons. The maximum atomic E-state index is 11.8. The molecule has 138 valence electrons. The quantitative estimate of drug-likeness (QED) is 0.602. The first-order valence-corrected chi connectivity index (χ1v) is 8.72. The van der Waals surface area contributed by atoms with Gasteiger partial charge in [0.25, 0.3) is 5.69 Å². The van der Waals surface area contributed by atoms with Gasteiger partial charge in [0.05, 0.1) is 4.92 Å². The molecule has 1 saturated carbocycles. The Hall–Kier alpha value is -2.02. The van der Waals surface area contributed by atoms with Crippen molar-refractivity contribution in [3.8, 4) is 0 Å². The second-order valence-corrected chi connectivity index (χ2v) is 7.69. The molecular formula is C17H24ClN3O4. The monoisotopic (exact) mass is 369 g/mol. The average Bonchev–Trinajstić information content (AvgIpc) is 2.47. The number of carbonyl (C=O) groups excluding carboxylic acids is 1. The maximum Gasteiger partial charge on any atom is 0.407 e. The number of anilines is 1. The highest BCUT2D eigenvalue weighted by Crippen LogP contribution is 2.31. The number of ether oxygens (including phenoxy) is 1. The SMILES string of the molecule is CC(C)(C)OC(=O)N[C@H]1CC[C@H](Nc2cc(Cl)ccc2[N+](=O)[O-])CC1. The van der Waals surface area contributed by atoms with Crippen LogP contribution in [0.25, 0.3) is 0 Å². The lowest BCUT2D eigenvalue weighted by atomic mass is 9.91. The topological polar surface area (TPSA) is 93.5 Å². The van der Waals surface area contributed by atoms with E-state index in [1.807, 2.05) is 20.8 Å². The zero-order valence-electron chi connectivity index (χ0n) is 14.7. The summed E-state index contributed by atoms with van der Waals surface area (Å²) >= 11 is 5.95. The molecule has 1 aromatic carbocycles. The van der Waals surface area contributed by atoms with Crippen molar-refractivity contribution in [2.45, 2.75) is 64.1 Å². The minimum absolute atomic E-state index is 0.0124. The van der Waals surface area contributed by atoms with Crippen LogP contribution in [0.1, 0.15) is 46.5 Å². The first-order chi connectivity index (χ1) is 11.6. The van der Waals surface area contributed by atoms with Crippen LogP contribution in [0, 0.1) is 10.1 Å². The summed E-state index contributed by atoms with van der Waals surface area (Å²) in [5.74, 6) is 0. The highest BCUT2D eigenvalue weighted by Gasteiger charge is 2.26. The van der Waals surface area contributed by atoms with E-state index >= 15 is 0 Å². The van der Waals surface area contributed by atoms with Crippen molar-refractivity contribution in [3.63, 3.8) is 0 Å². The fraction of sp³-hybridized carbons (Fsp3) is 0.588. The smallest absolute Gasteiger partial charge is 0.407 e. The van der Waals surface area contributed by atoms with Gasteiger partial charge in [-0.25, -0.2) is 4.79 Å². The standard InChI is InChI=1S/C17H24ClN3O4/c1-17(2,3)25-16(22)20-13-7-5-12(6-8-13)19-14-10-11(18)4-9-15(14)21(23)24/h4,9-10,12-13,19H,5-8H2,1-3H3,(H,20,22)/t12-,13-. The second-order valence-electron chi connectivity index (χ2n) is 7.26. The molecule has 0 bridgehead atoms. The number of nitro benzene ring substituents is 1. The average molecular weight is 370 g/mol. The lowest BCUT2D eigenvalue weighted by Gasteiger charge is -2.31. The van der Waals surface area contributed by atoms with Gasteiger partial charge in [0.15, 0.2) is 0 Å². The van der Waals surface area contributed by atoms with Crippen LogP contribution in [0.2, 0.25) is 5.02 Å². The summed E-state index contributed by atoms with van der Waals surface area (Å²) in [6.07, 6.45) is 2.75. The van der Waals surface area contributed by atoms with E-state index in [0.717, 1.165) is 25.7 Å². The van der Waals surface area contributed by atoms with Gasteiger partial charge >= 0.3 is 6.09 Å². The molecule has 0 saturated heterocycles. The number of hydrogen-bond acceptors (Lipinski definition) is 5. The van der Waals surface area contributed by atoms with Crippen molar-refractivity contribution in [2.24, 2.45) is 0 Å². The van der Waals surface area contributed by atoms with Gasteiger partial charge in [0, 0.05) is 23.2 Å². The van der Waals surface area contributed by atoms with Gasteiger partial charge in [-0.05, 0) is 58.6 Å². The van der Waals surface area contributed by atoms with E-state index in [4.69, 9.17) is 16.3 Å². The summed E-state index contributed by atoms with van der Waals surface area (Å²) in [4.78, 5) is 22.5. The van der Waals surface area contributed by atoms with Crippen molar-refractivity contribution in [3.05, 3.63) is 33.3 Å². The van der Waals surface area contributed by atoms with E-state index in [1.165, 1.54) is 12.1 Å². The molecule has 0 heterocycles. The fourth-order valence-corrected chi connectivity index (χ4v) is 3.03. The van der Waals surface area contributed by atoms with Gasteiger partial charge in [-0.2, -0.15) is 0 Å². The number of rotatable bonds is 4. The highest BCUT2D eigenvalue weighted by molar-refractivity contribution is 6.31. The van der Waals surface area contributed by atoms with Gasteiger partial charge in [-0.3, -0.25) is 10.1 Å². The third kappa shape index (κ3) is 6.08. The lowest BCUT2D eigenvalue weighted by Crippen LogP contribution is -2.42. The van der Waals surface area contributed by atoms with Crippen molar-refractivity contribution in [2.75, 3.05) is 5.32 Å². The van der Waals surface area contributed by atoms with Crippen LogP contribution in [0.15, 0.2) is 18.2 Å². The van der Waals surface area contributed by atoms with Crippen LogP contribution in [0.5, 0.6) is 0 Å². The minimum atomic E-state index is -0.519. The highest BCUT2D eigenvalue weighted by atomic mass is 35.5. The van der Waals surface area contributed by atoms with E-state index in [0.29, 0.717) is 10.7 Å². The first kappa shape index (κ1) is 19.3. The Kier molecular flexibility index (Phi) is 6.11. The molecule has 2 N–H and O–H groups in total. The Morgan fingerprint density at radius 2 is 1.84 bits per heavy atom. The number of halogens is 1. The Bertz CT molecular complexity index is 637. The summed E-state index contributed by atoms with van der Waals surface area (Å²) in [6, 6.07) is 4.65. The number of alkyl carbamates (subject to hydrolysis) is 1. The van der Waals surface area contributed by atoms with E-state index in [-0.39, 0.29) is 17.8 Å². The fourth-order valence-electron chi connectivity index (χ4n) is 2.86. The number of carbonyl (C=O) groups is 1. The second kappa shape index (κ2) is 7.91. The van der Waals surface area contributed by atoms with E-state index in [2.05, 4.69) is 10.6 Å². The zero-order valence-corrected chi connectivity index (χ0v) is 15.4. The Morgan fingerprint density at radius 1 is 1.24 bits per heavy atom. The molecule has 0 aromatic heterocycles. The molecule has 0 spiro atoms. The third-order valence-electron chi connectivity index (χ3n) is 3.96. The van der Waals surface area contributed by atoms with Crippen molar-refractivity contribution < 1.29 is 14.5 Å². The lowest BCUT2D eigenvalue weighted by molar-refractivity contribution is -0.384. The predicted octanol–water partition coefficient (Wildman–Crippen LogP) is 4.50. The number of benzene rings is 1. The number of nitro groups is 1. The normalized spacial score (nSPS) is 20.6. The van der Waals surface area contributed by atoms with E-state index in [9.17, 15) is 14.9 Å². The van der Waals surface area contributed by atoms with Gasteiger partial charge in [0.1, 0.15) is 11.3 Å². The van der Waals surface area contributed by atoms with Crippen LogP contribution >= 0.6 is 11.6 Å². The zero-order chi connectivity index (χ0) is 18.6. The molecule has 0 unspecified atom stereocenters.